The average molecular weight is 631 g/mol. The Morgan fingerprint density at radius 1 is 0.933 bits per heavy atom. The van der Waals surface area contributed by atoms with Gasteiger partial charge in [0, 0.05) is 17.8 Å². The van der Waals surface area contributed by atoms with Crippen LogP contribution in [0.15, 0.2) is 66.7 Å². The molecule has 4 atom stereocenters. The third kappa shape index (κ3) is 8.47. The third-order valence-electron chi connectivity index (χ3n) is 8.11. The number of non-ortho nitro benzene ring substituents is 1. The number of nitro benzene ring substituents is 1. The van der Waals surface area contributed by atoms with Gasteiger partial charge < -0.3 is 10.2 Å². The Bertz CT molecular complexity index is 1370. The van der Waals surface area contributed by atoms with Crippen LogP contribution in [0.5, 0.6) is 0 Å². The van der Waals surface area contributed by atoms with E-state index in [2.05, 4.69) is 17.1 Å². The summed E-state index contributed by atoms with van der Waals surface area (Å²) in [4.78, 5) is 52.0. The molecule has 242 valence electrons. The van der Waals surface area contributed by atoms with Crippen LogP contribution in [0.1, 0.15) is 64.7 Å². The molecule has 0 bridgehead atoms. The first kappa shape index (κ1) is 33.6. The molecule has 45 heavy (non-hydrogen) atoms. The van der Waals surface area contributed by atoms with Crippen LogP contribution >= 0.6 is 0 Å². The summed E-state index contributed by atoms with van der Waals surface area (Å²) in [6.45, 7) is 2.12. The number of ether oxygens (including phenoxy) is 1. The van der Waals surface area contributed by atoms with Crippen LogP contribution in [0, 0.1) is 22.0 Å². The summed E-state index contributed by atoms with van der Waals surface area (Å²) in [5.74, 6) is -5.00. The van der Waals surface area contributed by atoms with Gasteiger partial charge in [-0.05, 0) is 30.7 Å². The van der Waals surface area contributed by atoms with Crippen molar-refractivity contribution in [2.45, 2.75) is 83.2 Å². The minimum Gasteiger partial charge on any atom is -0.373 e. The molecule has 2 aromatic rings. The molecule has 2 amide bonds. The largest absolute Gasteiger partial charge is 0.575 e. The fourth-order valence-corrected chi connectivity index (χ4v) is 5.90. The summed E-state index contributed by atoms with van der Waals surface area (Å²) in [6.07, 6.45) is 5.16. The Kier molecular flexibility index (Phi) is 11.3. The van der Waals surface area contributed by atoms with Gasteiger partial charge >= 0.3 is 12.3 Å². The van der Waals surface area contributed by atoms with E-state index in [1.165, 1.54) is 41.4 Å². The highest BCUT2D eigenvalue weighted by atomic mass is 19.4. The Hall–Kier alpha value is -4.26. The van der Waals surface area contributed by atoms with Crippen molar-refractivity contribution in [2.75, 3.05) is 10.3 Å². The summed E-state index contributed by atoms with van der Waals surface area (Å²) in [7, 11) is 0. The van der Waals surface area contributed by atoms with E-state index in [0.29, 0.717) is 18.5 Å². The zero-order valence-electron chi connectivity index (χ0n) is 24.9. The first-order chi connectivity index (χ1) is 21.5. The van der Waals surface area contributed by atoms with E-state index in [9.17, 15) is 37.7 Å². The number of benzene rings is 2. The second kappa shape index (κ2) is 15.2. The van der Waals surface area contributed by atoms with Crippen LogP contribution < -0.4 is 10.3 Å². The van der Waals surface area contributed by atoms with Crippen molar-refractivity contribution in [1.82, 2.24) is 5.01 Å². The van der Waals surface area contributed by atoms with Crippen molar-refractivity contribution in [3.05, 3.63) is 76.9 Å². The number of unbranched alkanes of at least 4 members (excludes halogenated alkanes) is 7. The summed E-state index contributed by atoms with van der Waals surface area (Å²) in [5.41, 5.74) is 3.39. The van der Waals surface area contributed by atoms with Gasteiger partial charge in [-0.3, -0.25) is 24.5 Å². The number of carbonyl (C=O) groups is 3. The number of nitrogens with one attached hydrogen (secondary N) is 1. The Morgan fingerprint density at radius 2 is 1.56 bits per heavy atom. The predicted octanol–water partition coefficient (Wildman–Crippen LogP) is 6.93. The van der Waals surface area contributed by atoms with Crippen molar-refractivity contribution in [3.63, 3.8) is 0 Å². The molecule has 0 aromatic heterocycles. The maximum Gasteiger partial charge on any atom is 0.575 e. The number of esters is 1. The zero-order valence-corrected chi connectivity index (χ0v) is 24.9. The number of imide groups is 1. The number of alkyl halides is 3. The molecule has 0 radical (unpaired) electrons. The molecule has 10 nitrogen and oxygen atoms in total. The van der Waals surface area contributed by atoms with Crippen LogP contribution in [0.25, 0.3) is 0 Å². The Morgan fingerprint density at radius 3 is 2.16 bits per heavy atom. The number of rotatable bonds is 15. The van der Waals surface area contributed by atoms with Gasteiger partial charge in [0.25, 0.3) is 11.6 Å². The number of hydrogen-bond acceptors (Lipinski definition) is 8. The molecule has 2 heterocycles. The smallest absolute Gasteiger partial charge is 0.373 e. The van der Waals surface area contributed by atoms with Crippen LogP contribution in [0.3, 0.4) is 0 Å². The minimum atomic E-state index is -5.21. The van der Waals surface area contributed by atoms with Crippen LogP contribution in [0.2, 0.25) is 0 Å². The molecule has 2 aliphatic heterocycles. The number of anilines is 2. The Balaban J connectivity index is 1.64. The number of carbonyl (C=O) groups excluding carboxylic acids is 3. The van der Waals surface area contributed by atoms with Crippen LogP contribution in [-0.4, -0.2) is 46.2 Å². The predicted molar refractivity (Wildman–Crippen MR) is 161 cm³/mol. The van der Waals surface area contributed by atoms with Crippen molar-refractivity contribution in [2.24, 2.45) is 11.8 Å². The summed E-state index contributed by atoms with van der Waals surface area (Å²) >= 11 is 0. The number of halogens is 3. The summed E-state index contributed by atoms with van der Waals surface area (Å²) < 4.78 is 43.8. The number of amides is 2. The first-order valence-corrected chi connectivity index (χ1v) is 15.2. The van der Waals surface area contributed by atoms with Crippen LogP contribution in [0.4, 0.5) is 30.2 Å². The molecule has 1 saturated heterocycles. The molecule has 1 N–H and O–H groups in total. The number of hydrogen-bond donors (Lipinski definition) is 1. The van der Waals surface area contributed by atoms with Gasteiger partial charge in [0.05, 0.1) is 28.5 Å². The second-order valence-electron chi connectivity index (χ2n) is 11.3. The second-order valence-corrected chi connectivity index (χ2v) is 11.3. The number of hydrazine groups is 1. The lowest BCUT2D eigenvalue weighted by Crippen LogP contribution is -2.57. The van der Waals surface area contributed by atoms with Gasteiger partial charge in [0.15, 0.2) is 0 Å². The fraction of sp³-hybridized carbons (Fsp3) is 0.469. The van der Waals surface area contributed by atoms with Gasteiger partial charge in [-0.1, -0.05) is 88.6 Å². The van der Waals surface area contributed by atoms with E-state index in [0.717, 1.165) is 43.4 Å². The maximum absolute atomic E-state index is 13.9. The fourth-order valence-electron chi connectivity index (χ4n) is 5.90. The van der Waals surface area contributed by atoms with E-state index in [1.807, 2.05) is 0 Å². The number of fused-ring (bicyclic) bond motifs is 1. The normalized spacial score (nSPS) is 20.6. The molecule has 2 aromatic carbocycles. The zero-order chi connectivity index (χ0) is 32.6. The SMILES string of the molecule is CCCCCCCCCC[C@@H](C(=O)OC(F)(F)F)C1C=C[C@H]2C(=O)N(c3ccccc3)C(=O)[C@H]2N1Nc1ccc([N+](=O)[O-])cc1. The van der Waals surface area contributed by atoms with E-state index in [4.69, 9.17) is 0 Å². The van der Waals surface area contributed by atoms with Gasteiger partial charge in [-0.2, -0.15) is 0 Å². The number of nitrogens with zero attached hydrogens (tertiary/aromatic N) is 3. The van der Waals surface area contributed by atoms with E-state index in [1.54, 1.807) is 30.3 Å². The summed E-state index contributed by atoms with van der Waals surface area (Å²) in [6, 6.07) is 11.1. The molecule has 4 rings (SSSR count). The molecular formula is C32H37F3N4O6. The lowest BCUT2D eigenvalue weighted by molar-refractivity contribution is -0.384. The molecule has 0 spiro atoms. The van der Waals surface area contributed by atoms with Gasteiger partial charge in [0.2, 0.25) is 5.91 Å². The van der Waals surface area contributed by atoms with Gasteiger partial charge in [-0.25, -0.2) is 9.91 Å². The Labute approximate surface area is 259 Å². The lowest BCUT2D eigenvalue weighted by Gasteiger charge is -2.41. The first-order valence-electron chi connectivity index (χ1n) is 15.2. The lowest BCUT2D eigenvalue weighted by atomic mass is 9.86. The molecular weight excluding hydrogens is 593 g/mol. The highest BCUT2D eigenvalue weighted by Crippen LogP contribution is 2.38. The topological polar surface area (TPSA) is 122 Å². The van der Waals surface area contributed by atoms with Crippen molar-refractivity contribution >= 4 is 34.8 Å². The van der Waals surface area contributed by atoms with E-state index >= 15 is 0 Å². The molecule has 1 fully saturated rings. The van der Waals surface area contributed by atoms with Crippen molar-refractivity contribution in [1.29, 1.82) is 0 Å². The molecule has 0 aliphatic carbocycles. The van der Waals surface area contributed by atoms with E-state index in [-0.39, 0.29) is 17.8 Å². The molecule has 2 aliphatic rings. The standard InChI is InChI=1S/C32H37F3N4O6/c1-2-3-4-5-6-7-8-12-15-25(31(42)45-32(33,34)35)27-21-20-26-28(30(41)37(29(26)40)23-13-10-9-11-14-23)38(27)36-22-16-18-24(19-17-22)39(43)44/h9-11,13-14,16-21,25-28,36H,2-8,12,15H2,1H3/t25-,26-,27?,28+/m1/s1. The van der Waals surface area contributed by atoms with Crippen molar-refractivity contribution < 1.29 is 37.2 Å². The minimum absolute atomic E-state index is 0.0409. The highest BCUT2D eigenvalue weighted by molar-refractivity contribution is 6.24. The number of nitro groups is 1. The van der Waals surface area contributed by atoms with Crippen molar-refractivity contribution in [3.8, 4) is 0 Å². The molecule has 13 heteroatoms. The summed E-state index contributed by atoms with van der Waals surface area (Å²) in [5, 5.41) is 12.5. The number of para-hydroxylation sites is 1. The third-order valence-corrected chi connectivity index (χ3v) is 8.11. The molecule has 0 saturated carbocycles. The van der Waals surface area contributed by atoms with E-state index < -0.39 is 53.0 Å². The quantitative estimate of drug-likeness (QED) is 0.0562. The highest BCUT2D eigenvalue weighted by Gasteiger charge is 2.55. The monoisotopic (exact) mass is 630 g/mol. The van der Waals surface area contributed by atoms with Gasteiger partial charge in [0.1, 0.15) is 6.04 Å². The average Bonchev–Trinajstić information content (AvgIpc) is 3.26. The maximum atomic E-state index is 13.9. The van der Waals surface area contributed by atoms with Crippen LogP contribution in [-0.2, 0) is 19.1 Å². The van der Waals surface area contributed by atoms with Gasteiger partial charge in [-0.15, -0.1) is 13.2 Å². The molecule has 1 unspecified atom stereocenters.